The number of amides is 2. The molecule has 2 aromatic rings. The van der Waals surface area contributed by atoms with Crippen molar-refractivity contribution in [3.05, 3.63) is 59.7 Å². The van der Waals surface area contributed by atoms with Crippen LogP contribution in [0.25, 0.3) is 0 Å². The minimum Gasteiger partial charge on any atom is -0.495 e. The summed E-state index contributed by atoms with van der Waals surface area (Å²) in [5, 5.41) is 6.02. The highest BCUT2D eigenvalue weighted by Gasteiger charge is 2.23. The Bertz CT molecular complexity index is 725. The van der Waals surface area contributed by atoms with Crippen molar-refractivity contribution in [2.24, 2.45) is 0 Å². The van der Waals surface area contributed by atoms with Crippen LogP contribution >= 0.6 is 0 Å². The van der Waals surface area contributed by atoms with Gasteiger partial charge in [0.05, 0.1) is 25.9 Å². The van der Waals surface area contributed by atoms with Crippen LogP contribution < -0.4 is 20.3 Å². The number of hydrogen-bond acceptors (Lipinski definition) is 2. The molecule has 2 aromatic carbocycles. The number of benzene rings is 2. The smallest absolute Gasteiger partial charge is 0.319 e. The van der Waals surface area contributed by atoms with Crippen molar-refractivity contribution in [2.75, 3.05) is 25.5 Å². The Hall–Kier alpha value is -2.53. The topological polar surface area (TPSA) is 54.8 Å². The first-order valence-electron chi connectivity index (χ1n) is 9.23. The van der Waals surface area contributed by atoms with E-state index in [1.165, 1.54) is 5.56 Å². The molecule has 1 heterocycles. The molecule has 0 aliphatic carbocycles. The van der Waals surface area contributed by atoms with E-state index in [-0.39, 0.29) is 12.1 Å². The molecule has 1 fully saturated rings. The molecule has 0 saturated carbocycles. The van der Waals surface area contributed by atoms with Crippen LogP contribution in [0.1, 0.15) is 24.0 Å². The van der Waals surface area contributed by atoms with E-state index in [1.807, 2.05) is 25.1 Å². The second-order valence-electron chi connectivity index (χ2n) is 6.99. The van der Waals surface area contributed by atoms with Gasteiger partial charge in [-0.05, 0) is 24.6 Å². The molecule has 2 amide bonds. The average molecular weight is 354 g/mol. The number of nitrogens with one attached hydrogen (secondary N) is 3. The summed E-state index contributed by atoms with van der Waals surface area (Å²) in [5.74, 6) is 0.674. The zero-order valence-corrected chi connectivity index (χ0v) is 15.5. The van der Waals surface area contributed by atoms with E-state index in [0.717, 1.165) is 38.0 Å². The number of carbonyl (C=O) groups is 1. The normalized spacial score (nSPS) is 19.6. The fraction of sp³-hybridized carbons (Fsp3) is 0.381. The maximum atomic E-state index is 12.3. The highest BCUT2D eigenvalue weighted by Crippen LogP contribution is 2.25. The Morgan fingerprint density at radius 2 is 1.88 bits per heavy atom. The predicted molar refractivity (Wildman–Crippen MR) is 104 cm³/mol. The number of hydrogen-bond donors (Lipinski definition) is 3. The van der Waals surface area contributed by atoms with E-state index in [9.17, 15) is 4.79 Å². The number of urea groups is 1. The molecule has 138 valence electrons. The molecule has 3 rings (SSSR count). The Kier molecular flexibility index (Phi) is 6.12. The molecule has 0 bridgehead atoms. The average Bonchev–Trinajstić information content (AvgIpc) is 2.64. The third-order valence-corrected chi connectivity index (χ3v) is 4.93. The lowest BCUT2D eigenvalue weighted by Crippen LogP contribution is -3.12. The number of rotatable bonds is 5. The molecular weight excluding hydrogens is 326 g/mol. The van der Waals surface area contributed by atoms with Crippen LogP contribution in [-0.2, 0) is 6.54 Å². The molecule has 0 aromatic heterocycles. The quantitative estimate of drug-likeness (QED) is 0.772. The van der Waals surface area contributed by atoms with Gasteiger partial charge in [-0.25, -0.2) is 4.79 Å². The van der Waals surface area contributed by atoms with Crippen molar-refractivity contribution in [1.29, 1.82) is 0 Å². The van der Waals surface area contributed by atoms with E-state index in [0.29, 0.717) is 11.4 Å². The zero-order valence-electron chi connectivity index (χ0n) is 15.5. The molecular formula is C21H28N3O2+. The monoisotopic (exact) mass is 354 g/mol. The molecule has 0 unspecified atom stereocenters. The van der Waals surface area contributed by atoms with Crippen molar-refractivity contribution in [1.82, 2.24) is 5.32 Å². The first-order valence-corrected chi connectivity index (χ1v) is 9.23. The summed E-state index contributed by atoms with van der Waals surface area (Å²) in [6.07, 6.45) is 2.00. The number of aryl methyl sites for hydroxylation is 1. The second kappa shape index (κ2) is 8.72. The van der Waals surface area contributed by atoms with Crippen LogP contribution in [0.4, 0.5) is 10.5 Å². The number of anilines is 1. The van der Waals surface area contributed by atoms with Crippen LogP contribution in [0.15, 0.2) is 48.5 Å². The van der Waals surface area contributed by atoms with Gasteiger partial charge in [0.1, 0.15) is 12.3 Å². The zero-order chi connectivity index (χ0) is 18.4. The van der Waals surface area contributed by atoms with Crippen LogP contribution in [0, 0.1) is 6.92 Å². The Morgan fingerprint density at radius 1 is 1.15 bits per heavy atom. The fourth-order valence-corrected chi connectivity index (χ4v) is 3.49. The van der Waals surface area contributed by atoms with Crippen molar-refractivity contribution in [3.8, 4) is 5.75 Å². The van der Waals surface area contributed by atoms with Crippen molar-refractivity contribution >= 4 is 11.7 Å². The molecule has 3 N–H and O–H groups in total. The summed E-state index contributed by atoms with van der Waals surface area (Å²) in [6.45, 7) is 5.20. The maximum Gasteiger partial charge on any atom is 0.319 e. The number of quaternary nitrogens is 1. The van der Waals surface area contributed by atoms with E-state index < -0.39 is 0 Å². The van der Waals surface area contributed by atoms with Crippen molar-refractivity contribution in [2.45, 2.75) is 32.4 Å². The molecule has 0 atom stereocenters. The minimum absolute atomic E-state index is 0.162. The lowest BCUT2D eigenvalue weighted by atomic mass is 10.0. The summed E-state index contributed by atoms with van der Waals surface area (Å²) in [6, 6.07) is 16.4. The van der Waals surface area contributed by atoms with Gasteiger partial charge in [-0.2, -0.15) is 0 Å². The van der Waals surface area contributed by atoms with Gasteiger partial charge in [0.15, 0.2) is 0 Å². The largest absolute Gasteiger partial charge is 0.495 e. The van der Waals surface area contributed by atoms with Gasteiger partial charge in [-0.15, -0.1) is 0 Å². The molecule has 5 heteroatoms. The van der Waals surface area contributed by atoms with Gasteiger partial charge in [-0.1, -0.05) is 36.4 Å². The Balaban J connectivity index is 1.47. The molecule has 5 nitrogen and oxygen atoms in total. The van der Waals surface area contributed by atoms with E-state index in [2.05, 4.69) is 41.0 Å². The van der Waals surface area contributed by atoms with Crippen LogP contribution in [0.3, 0.4) is 0 Å². The number of methoxy groups -OCH3 is 1. The number of carbonyl (C=O) groups excluding carboxylic acids is 1. The van der Waals surface area contributed by atoms with Crippen LogP contribution in [0.5, 0.6) is 5.75 Å². The van der Waals surface area contributed by atoms with Gasteiger partial charge < -0.3 is 20.3 Å². The molecule has 1 aliphatic heterocycles. The van der Waals surface area contributed by atoms with Crippen molar-refractivity contribution in [3.63, 3.8) is 0 Å². The lowest BCUT2D eigenvalue weighted by Gasteiger charge is -2.30. The van der Waals surface area contributed by atoms with Gasteiger partial charge in [0.2, 0.25) is 0 Å². The first-order chi connectivity index (χ1) is 12.6. The van der Waals surface area contributed by atoms with Gasteiger partial charge >= 0.3 is 6.03 Å². The minimum atomic E-state index is -0.162. The van der Waals surface area contributed by atoms with E-state index in [1.54, 1.807) is 12.0 Å². The standard InChI is InChI=1S/C21H27N3O2/c1-16-8-9-20(26-2)19(14-16)23-21(25)22-18-10-12-24(13-11-18)15-17-6-4-3-5-7-17/h3-9,14,18H,10-13,15H2,1-2H3,(H2,22,23,25)/p+1. The van der Waals surface area contributed by atoms with Gasteiger partial charge in [0.25, 0.3) is 0 Å². The number of likely N-dealkylation sites (tertiary alicyclic amines) is 1. The SMILES string of the molecule is COc1ccc(C)cc1NC(=O)NC1CC[NH+](Cc2ccccc2)CC1. The molecule has 1 aliphatic rings. The highest BCUT2D eigenvalue weighted by atomic mass is 16.5. The van der Waals surface area contributed by atoms with E-state index in [4.69, 9.17) is 4.74 Å². The molecule has 0 radical (unpaired) electrons. The Morgan fingerprint density at radius 3 is 2.58 bits per heavy atom. The molecule has 1 saturated heterocycles. The van der Waals surface area contributed by atoms with Crippen LogP contribution in [-0.4, -0.2) is 32.3 Å². The summed E-state index contributed by atoms with van der Waals surface area (Å²) < 4.78 is 5.32. The van der Waals surface area contributed by atoms with Gasteiger partial charge in [-0.3, -0.25) is 0 Å². The molecule has 0 spiro atoms. The lowest BCUT2D eigenvalue weighted by molar-refractivity contribution is -0.918. The fourth-order valence-electron chi connectivity index (χ4n) is 3.49. The maximum absolute atomic E-state index is 12.3. The van der Waals surface area contributed by atoms with Crippen molar-refractivity contribution < 1.29 is 14.4 Å². The summed E-state index contributed by atoms with van der Waals surface area (Å²) in [4.78, 5) is 13.9. The number of ether oxygens (including phenoxy) is 1. The summed E-state index contributed by atoms with van der Waals surface area (Å²) in [5.41, 5.74) is 3.16. The van der Waals surface area contributed by atoms with Crippen LogP contribution in [0.2, 0.25) is 0 Å². The Labute approximate surface area is 155 Å². The van der Waals surface area contributed by atoms with Gasteiger partial charge in [0, 0.05) is 24.4 Å². The van der Waals surface area contributed by atoms with E-state index >= 15 is 0 Å². The summed E-state index contributed by atoms with van der Waals surface area (Å²) in [7, 11) is 1.61. The third-order valence-electron chi connectivity index (χ3n) is 4.93. The molecule has 26 heavy (non-hydrogen) atoms. The summed E-state index contributed by atoms with van der Waals surface area (Å²) >= 11 is 0. The highest BCUT2D eigenvalue weighted by molar-refractivity contribution is 5.91. The third kappa shape index (κ3) is 4.99. The predicted octanol–water partition coefficient (Wildman–Crippen LogP) is 2.37. The second-order valence-corrected chi connectivity index (χ2v) is 6.99. The number of piperidine rings is 1. The first kappa shape index (κ1) is 18.3.